The van der Waals surface area contributed by atoms with Crippen molar-refractivity contribution in [2.75, 3.05) is 6.54 Å². The van der Waals surface area contributed by atoms with E-state index in [2.05, 4.69) is 45.4 Å². The van der Waals surface area contributed by atoms with Crippen molar-refractivity contribution in [1.29, 1.82) is 0 Å². The molecule has 1 atom stereocenters. The SMILES string of the molecule is C#CCCCNC1CCc2c(Br)cccc21. The summed E-state index contributed by atoms with van der Waals surface area (Å²) in [4.78, 5) is 0. The van der Waals surface area contributed by atoms with Crippen LogP contribution in [0.4, 0.5) is 0 Å². The normalized spacial score (nSPS) is 18.1. The molecule has 2 heteroatoms. The molecule has 0 aromatic heterocycles. The molecular weight excluding hydrogens is 262 g/mol. The van der Waals surface area contributed by atoms with Gasteiger partial charge >= 0.3 is 0 Å². The quantitative estimate of drug-likeness (QED) is 0.657. The predicted molar refractivity (Wildman–Crippen MR) is 71.3 cm³/mol. The first-order valence-electron chi connectivity index (χ1n) is 5.77. The molecule has 0 spiro atoms. The van der Waals surface area contributed by atoms with Gasteiger partial charge in [-0.05, 0) is 43.0 Å². The number of hydrogen-bond donors (Lipinski definition) is 1. The number of unbranched alkanes of at least 4 members (excludes halogenated alkanes) is 1. The van der Waals surface area contributed by atoms with Crippen LogP contribution in [-0.4, -0.2) is 6.54 Å². The lowest BCUT2D eigenvalue weighted by molar-refractivity contribution is 0.523. The fraction of sp³-hybridized carbons (Fsp3) is 0.429. The maximum Gasteiger partial charge on any atom is 0.0326 e. The van der Waals surface area contributed by atoms with Gasteiger partial charge in [0, 0.05) is 16.9 Å². The first-order chi connectivity index (χ1) is 7.83. The van der Waals surface area contributed by atoms with E-state index in [9.17, 15) is 0 Å². The summed E-state index contributed by atoms with van der Waals surface area (Å²) in [5.41, 5.74) is 2.92. The third-order valence-electron chi connectivity index (χ3n) is 3.10. The van der Waals surface area contributed by atoms with Crippen LogP contribution < -0.4 is 5.32 Å². The molecule has 0 bridgehead atoms. The maximum atomic E-state index is 5.24. The van der Waals surface area contributed by atoms with Gasteiger partial charge in [0.05, 0.1) is 0 Å². The van der Waals surface area contributed by atoms with Crippen molar-refractivity contribution in [3.8, 4) is 12.3 Å². The van der Waals surface area contributed by atoms with Gasteiger partial charge in [-0.3, -0.25) is 0 Å². The van der Waals surface area contributed by atoms with Crippen LogP contribution >= 0.6 is 15.9 Å². The summed E-state index contributed by atoms with van der Waals surface area (Å²) < 4.78 is 1.25. The monoisotopic (exact) mass is 277 g/mol. The second-order valence-electron chi connectivity index (χ2n) is 4.16. The van der Waals surface area contributed by atoms with Gasteiger partial charge < -0.3 is 5.32 Å². The lowest BCUT2D eigenvalue weighted by Gasteiger charge is -2.13. The minimum absolute atomic E-state index is 0.519. The molecule has 0 radical (unpaired) electrons. The Morgan fingerprint density at radius 3 is 3.19 bits per heavy atom. The molecule has 0 saturated carbocycles. The maximum absolute atomic E-state index is 5.24. The number of nitrogens with one attached hydrogen (secondary N) is 1. The summed E-state index contributed by atoms with van der Waals surface area (Å²) in [5.74, 6) is 2.67. The zero-order valence-corrected chi connectivity index (χ0v) is 10.9. The Balaban J connectivity index is 1.96. The Morgan fingerprint density at radius 1 is 1.50 bits per heavy atom. The molecule has 1 nitrogen and oxygen atoms in total. The van der Waals surface area contributed by atoms with Crippen LogP contribution in [0.3, 0.4) is 0 Å². The van der Waals surface area contributed by atoms with Gasteiger partial charge in [-0.2, -0.15) is 0 Å². The van der Waals surface area contributed by atoms with Gasteiger partial charge in [0.1, 0.15) is 0 Å². The lowest BCUT2D eigenvalue weighted by atomic mass is 10.1. The molecule has 1 unspecified atom stereocenters. The van der Waals surface area contributed by atoms with Crippen LogP contribution in [0.1, 0.15) is 36.4 Å². The fourth-order valence-electron chi connectivity index (χ4n) is 2.29. The molecule has 1 N–H and O–H groups in total. The number of benzene rings is 1. The molecular formula is C14H16BrN. The van der Waals surface area contributed by atoms with Crippen LogP contribution in [0, 0.1) is 12.3 Å². The highest BCUT2D eigenvalue weighted by Gasteiger charge is 2.22. The van der Waals surface area contributed by atoms with Crippen molar-refractivity contribution in [1.82, 2.24) is 5.32 Å². The first-order valence-corrected chi connectivity index (χ1v) is 6.56. The minimum atomic E-state index is 0.519. The lowest BCUT2D eigenvalue weighted by Crippen LogP contribution is -2.20. The number of halogens is 1. The topological polar surface area (TPSA) is 12.0 Å². The third kappa shape index (κ3) is 2.48. The smallest absolute Gasteiger partial charge is 0.0326 e. The molecule has 1 aromatic rings. The summed E-state index contributed by atoms with van der Waals surface area (Å²) in [7, 11) is 0. The van der Waals surface area contributed by atoms with Gasteiger partial charge in [-0.1, -0.05) is 28.1 Å². The second kappa shape index (κ2) is 5.52. The molecule has 1 aliphatic carbocycles. The zero-order valence-electron chi connectivity index (χ0n) is 9.30. The van der Waals surface area contributed by atoms with E-state index in [1.807, 2.05) is 0 Å². The molecule has 2 rings (SSSR count). The van der Waals surface area contributed by atoms with Gasteiger partial charge in [-0.25, -0.2) is 0 Å². The second-order valence-corrected chi connectivity index (χ2v) is 5.02. The summed E-state index contributed by atoms with van der Waals surface area (Å²) in [6, 6.07) is 6.99. The average Bonchev–Trinajstić information content (AvgIpc) is 2.70. The fourth-order valence-corrected chi connectivity index (χ4v) is 2.87. The van der Waals surface area contributed by atoms with E-state index in [0.717, 1.165) is 19.4 Å². The Hall–Kier alpha value is -0.780. The highest BCUT2D eigenvalue weighted by atomic mass is 79.9. The van der Waals surface area contributed by atoms with Crippen LogP contribution in [0.5, 0.6) is 0 Å². The van der Waals surface area contributed by atoms with Crippen LogP contribution in [0.25, 0.3) is 0 Å². The first kappa shape index (κ1) is 11.7. The van der Waals surface area contributed by atoms with Crippen molar-refractivity contribution in [3.05, 3.63) is 33.8 Å². The van der Waals surface area contributed by atoms with Gasteiger partial charge in [0.15, 0.2) is 0 Å². The van der Waals surface area contributed by atoms with Crippen LogP contribution in [0.2, 0.25) is 0 Å². The van der Waals surface area contributed by atoms with E-state index >= 15 is 0 Å². The predicted octanol–water partition coefficient (Wildman–Crippen LogP) is 3.44. The van der Waals surface area contributed by atoms with Crippen LogP contribution in [-0.2, 0) is 6.42 Å². The van der Waals surface area contributed by atoms with Crippen molar-refractivity contribution >= 4 is 15.9 Å². The molecule has 1 aromatic carbocycles. The Labute approximate surface area is 106 Å². The minimum Gasteiger partial charge on any atom is -0.310 e. The molecule has 0 heterocycles. The number of rotatable bonds is 4. The van der Waals surface area contributed by atoms with Crippen LogP contribution in [0.15, 0.2) is 22.7 Å². The summed E-state index contributed by atoms with van der Waals surface area (Å²) in [6.45, 7) is 1.01. The number of fused-ring (bicyclic) bond motifs is 1. The van der Waals surface area contributed by atoms with E-state index in [4.69, 9.17) is 6.42 Å². The molecule has 0 saturated heterocycles. The molecule has 84 valence electrons. The van der Waals surface area contributed by atoms with Crippen molar-refractivity contribution in [3.63, 3.8) is 0 Å². The van der Waals surface area contributed by atoms with E-state index < -0.39 is 0 Å². The molecule has 0 fully saturated rings. The standard InChI is InChI=1S/C14H16BrN/c1-2-3-4-10-16-14-9-8-11-12(14)6-5-7-13(11)15/h1,5-7,14,16H,3-4,8-10H2. The van der Waals surface area contributed by atoms with Gasteiger partial charge in [0.2, 0.25) is 0 Å². The molecule has 0 amide bonds. The van der Waals surface area contributed by atoms with E-state index in [1.54, 1.807) is 0 Å². The van der Waals surface area contributed by atoms with Gasteiger partial charge in [-0.15, -0.1) is 12.3 Å². The van der Waals surface area contributed by atoms with E-state index in [1.165, 1.54) is 28.4 Å². The highest BCUT2D eigenvalue weighted by Crippen LogP contribution is 2.35. The number of terminal acetylenes is 1. The molecule has 16 heavy (non-hydrogen) atoms. The molecule has 0 aliphatic heterocycles. The van der Waals surface area contributed by atoms with E-state index in [0.29, 0.717) is 6.04 Å². The number of hydrogen-bond acceptors (Lipinski definition) is 1. The zero-order chi connectivity index (χ0) is 11.4. The summed E-state index contributed by atoms with van der Waals surface area (Å²) in [5, 5.41) is 3.58. The highest BCUT2D eigenvalue weighted by molar-refractivity contribution is 9.10. The van der Waals surface area contributed by atoms with Crippen molar-refractivity contribution in [2.24, 2.45) is 0 Å². The molecule has 1 aliphatic rings. The summed E-state index contributed by atoms with van der Waals surface area (Å²) >= 11 is 3.61. The Kier molecular flexibility index (Phi) is 4.04. The third-order valence-corrected chi connectivity index (χ3v) is 3.85. The van der Waals surface area contributed by atoms with E-state index in [-0.39, 0.29) is 0 Å². The largest absolute Gasteiger partial charge is 0.310 e. The average molecular weight is 278 g/mol. The van der Waals surface area contributed by atoms with Gasteiger partial charge in [0.25, 0.3) is 0 Å². The van der Waals surface area contributed by atoms with Crippen molar-refractivity contribution in [2.45, 2.75) is 31.7 Å². The summed E-state index contributed by atoms with van der Waals surface area (Å²) in [6.07, 6.45) is 9.54. The Morgan fingerprint density at radius 2 is 2.38 bits per heavy atom. The van der Waals surface area contributed by atoms with Crippen molar-refractivity contribution < 1.29 is 0 Å². The Bertz CT molecular complexity index is 406.